The normalized spacial score (nSPS) is 14.4. The van der Waals surface area contributed by atoms with E-state index in [1.54, 1.807) is 0 Å². The third kappa shape index (κ3) is 59.0. The number of unbranched alkanes of at least 4 members (excludes halogenated alkanes) is 23. The molecule has 0 bridgehead atoms. The summed E-state index contributed by atoms with van der Waals surface area (Å²) in [5.41, 5.74) is 0. The molecule has 3 atom stereocenters. The van der Waals surface area contributed by atoms with Gasteiger partial charge < -0.3 is 28.5 Å². The number of esters is 1. The zero-order valence-electron chi connectivity index (χ0n) is 52.2. The van der Waals surface area contributed by atoms with E-state index >= 15 is 0 Å². The average molecular weight is 1130 g/mol. The number of hydrogen-bond donors (Lipinski definition) is 1. The number of likely N-dealkylation sites (N-methyl/N-ethyl adjacent to an activating group) is 1. The van der Waals surface area contributed by atoms with Gasteiger partial charge in [-0.1, -0.05) is 252 Å². The Morgan fingerprint density at radius 2 is 0.812 bits per heavy atom. The molecule has 1 amide bonds. The molecule has 0 aromatic heterocycles. The lowest BCUT2D eigenvalue weighted by Gasteiger charge is -2.30. The number of nitrogens with zero attached hydrogens (tertiary/aromatic N) is 1. The molecule has 0 aliphatic rings. The van der Waals surface area contributed by atoms with Gasteiger partial charge >= 0.3 is 5.97 Å². The molecule has 3 unspecified atom stereocenters. The molecule has 0 rings (SSSR count). The predicted octanol–water partition coefficient (Wildman–Crippen LogP) is 19.6. The van der Waals surface area contributed by atoms with Crippen molar-refractivity contribution in [3.05, 3.63) is 122 Å². The minimum atomic E-state index is -4.72. The van der Waals surface area contributed by atoms with Gasteiger partial charge in [0, 0.05) is 12.8 Å². The summed E-state index contributed by atoms with van der Waals surface area (Å²) in [5, 5.41) is 2.99. The lowest BCUT2D eigenvalue weighted by Crippen LogP contribution is -2.47. The Morgan fingerprint density at radius 1 is 0.450 bits per heavy atom. The van der Waals surface area contributed by atoms with Crippen molar-refractivity contribution in [2.45, 2.75) is 270 Å². The number of carbonyl (C=O) groups excluding carboxylic acids is 2. The quantitative estimate of drug-likeness (QED) is 0.0212. The molecule has 0 spiro atoms. The maximum absolute atomic E-state index is 13.5. The molecule has 0 fully saturated rings. The van der Waals surface area contributed by atoms with Crippen LogP contribution in [-0.4, -0.2) is 69.4 Å². The van der Waals surface area contributed by atoms with Crippen LogP contribution in [0, 0.1) is 0 Å². The lowest BCUT2D eigenvalue weighted by molar-refractivity contribution is -0.870. The van der Waals surface area contributed by atoms with Crippen LogP contribution >= 0.6 is 7.82 Å². The zero-order chi connectivity index (χ0) is 58.6. The first-order chi connectivity index (χ1) is 38.9. The zero-order valence-corrected chi connectivity index (χ0v) is 53.1. The fraction of sp³-hybridized carbons (Fsp3) is 0.686. The summed E-state index contributed by atoms with van der Waals surface area (Å²) < 4.78 is 30.3. The van der Waals surface area contributed by atoms with Gasteiger partial charge in [0.2, 0.25) is 5.91 Å². The fourth-order valence-corrected chi connectivity index (χ4v) is 9.38. The van der Waals surface area contributed by atoms with Crippen LogP contribution in [0.1, 0.15) is 258 Å². The minimum absolute atomic E-state index is 0.0393. The van der Waals surface area contributed by atoms with Crippen molar-refractivity contribution in [2.75, 3.05) is 40.9 Å². The second-order valence-electron chi connectivity index (χ2n) is 22.5. The molecule has 0 aromatic carbocycles. The van der Waals surface area contributed by atoms with Crippen molar-refractivity contribution < 1.29 is 37.3 Å². The summed E-state index contributed by atoms with van der Waals surface area (Å²) >= 11 is 0. The third-order valence-corrected chi connectivity index (χ3v) is 14.6. The van der Waals surface area contributed by atoms with Gasteiger partial charge in [-0.05, 0) is 115 Å². The highest BCUT2D eigenvalue weighted by Gasteiger charge is 2.27. The van der Waals surface area contributed by atoms with Gasteiger partial charge in [-0.25, -0.2) is 0 Å². The SMILES string of the molecule is CC/C=C\C/C=C\C/C=C\C/C=C\C/C=C\CCCCCCCCCCCC(=O)OC(/C=C\CCCCCCCCCCCC)C(COP(=O)([O-])OCC[N+](C)(C)C)NC(=O)CCC/C=C\C/C=C\C/C=C\C/C=C\CCCCC. The standard InChI is InChI=1S/C70H121N2O7P/c1-7-10-13-16-19-22-25-28-30-32-33-34-35-36-37-38-39-41-43-45-48-51-54-57-60-63-70(74)79-68(61-58-55-52-49-46-27-24-21-18-15-12-9-3)67(66-78-80(75,76)77-65-64-72(4,5)6)71-69(73)62-59-56-53-50-47-44-42-40-31-29-26-23-20-17-14-11-8-2/h10,13,19-20,22-23,28-31,33-34,36-37,42,44,50,53,58,61,67-68H,7-9,11-12,14-18,21,24-27,32,35,38-41,43,45-49,51-52,54-57,59-60,62-66H2,1-6H3,(H-,71,73,75,76)/b13-10-,22-19-,23-20-,30-28-,31-29-,34-33-,37-36-,44-42-,53-50-,61-58-. The molecule has 0 aromatic rings. The molecular weight excluding hydrogens is 1010 g/mol. The molecule has 0 heterocycles. The Bertz CT molecular complexity index is 1780. The number of phosphoric acid groups is 1. The van der Waals surface area contributed by atoms with E-state index in [1.165, 1.54) is 109 Å². The maximum Gasteiger partial charge on any atom is 0.306 e. The van der Waals surface area contributed by atoms with Gasteiger partial charge in [-0.3, -0.25) is 14.2 Å². The number of allylic oxidation sites excluding steroid dienone is 19. The summed E-state index contributed by atoms with van der Waals surface area (Å²) in [6, 6.07) is -0.927. The van der Waals surface area contributed by atoms with Crippen molar-refractivity contribution in [3.63, 3.8) is 0 Å². The van der Waals surface area contributed by atoms with Crippen LogP contribution in [0.25, 0.3) is 0 Å². The van der Waals surface area contributed by atoms with E-state index in [0.29, 0.717) is 23.9 Å². The van der Waals surface area contributed by atoms with Crippen LogP contribution in [0.15, 0.2) is 122 Å². The van der Waals surface area contributed by atoms with Crippen molar-refractivity contribution in [2.24, 2.45) is 0 Å². The van der Waals surface area contributed by atoms with E-state index in [1.807, 2.05) is 33.3 Å². The van der Waals surface area contributed by atoms with E-state index in [9.17, 15) is 19.0 Å². The van der Waals surface area contributed by atoms with Crippen molar-refractivity contribution in [3.8, 4) is 0 Å². The summed E-state index contributed by atoms with van der Waals surface area (Å²) in [6.07, 6.45) is 81.8. The summed E-state index contributed by atoms with van der Waals surface area (Å²) in [4.78, 5) is 40.0. The van der Waals surface area contributed by atoms with E-state index < -0.39 is 26.6 Å². The number of amides is 1. The van der Waals surface area contributed by atoms with Gasteiger partial charge in [-0.15, -0.1) is 0 Å². The van der Waals surface area contributed by atoms with E-state index in [0.717, 1.165) is 103 Å². The Labute approximate surface area is 493 Å². The van der Waals surface area contributed by atoms with Gasteiger partial charge in [0.15, 0.2) is 0 Å². The number of phosphoric ester groups is 1. The number of nitrogens with one attached hydrogen (secondary N) is 1. The molecular formula is C70H121N2O7P. The van der Waals surface area contributed by atoms with Gasteiger partial charge in [0.25, 0.3) is 7.82 Å². The molecule has 9 nitrogen and oxygen atoms in total. The average Bonchev–Trinajstić information content (AvgIpc) is 3.42. The monoisotopic (exact) mass is 1130 g/mol. The second kappa shape index (κ2) is 58.6. The molecule has 10 heteroatoms. The van der Waals surface area contributed by atoms with Crippen LogP contribution in [-0.2, 0) is 27.9 Å². The van der Waals surface area contributed by atoms with Crippen LogP contribution in [0.5, 0.6) is 0 Å². The maximum atomic E-state index is 13.5. The molecule has 0 aliphatic heterocycles. The second-order valence-corrected chi connectivity index (χ2v) is 23.9. The van der Waals surface area contributed by atoms with Crippen LogP contribution < -0.4 is 10.2 Å². The van der Waals surface area contributed by atoms with Crippen LogP contribution in [0.4, 0.5) is 0 Å². The number of carbonyl (C=O) groups is 2. The largest absolute Gasteiger partial charge is 0.756 e. The van der Waals surface area contributed by atoms with Crippen LogP contribution in [0.3, 0.4) is 0 Å². The van der Waals surface area contributed by atoms with E-state index in [-0.39, 0.29) is 31.3 Å². The van der Waals surface area contributed by atoms with Crippen molar-refractivity contribution in [1.82, 2.24) is 5.32 Å². The topological polar surface area (TPSA) is 114 Å². The predicted molar refractivity (Wildman–Crippen MR) is 343 cm³/mol. The number of hydrogen-bond acceptors (Lipinski definition) is 7. The minimum Gasteiger partial charge on any atom is -0.756 e. The third-order valence-electron chi connectivity index (χ3n) is 13.6. The first-order valence-corrected chi connectivity index (χ1v) is 33.8. The molecule has 80 heavy (non-hydrogen) atoms. The number of quaternary nitrogens is 1. The first kappa shape index (κ1) is 76.4. The molecule has 0 saturated heterocycles. The van der Waals surface area contributed by atoms with Crippen molar-refractivity contribution in [1.29, 1.82) is 0 Å². The number of ether oxygens (including phenoxy) is 1. The van der Waals surface area contributed by atoms with E-state index in [2.05, 4.69) is 135 Å². The van der Waals surface area contributed by atoms with Gasteiger partial charge in [0.1, 0.15) is 19.3 Å². The van der Waals surface area contributed by atoms with Gasteiger partial charge in [0.05, 0.1) is 33.8 Å². The summed E-state index contributed by atoms with van der Waals surface area (Å²) in [6.45, 7) is 6.64. The Balaban J connectivity index is 5.25. The molecule has 0 radical (unpaired) electrons. The highest BCUT2D eigenvalue weighted by atomic mass is 31.2. The molecule has 1 N–H and O–H groups in total. The highest BCUT2D eigenvalue weighted by Crippen LogP contribution is 2.38. The number of rotatable bonds is 57. The summed E-state index contributed by atoms with van der Waals surface area (Å²) in [5.74, 6) is -0.619. The molecule has 458 valence electrons. The Kier molecular flexibility index (Phi) is 56.0. The van der Waals surface area contributed by atoms with E-state index in [4.69, 9.17) is 13.8 Å². The first-order valence-electron chi connectivity index (χ1n) is 32.3. The van der Waals surface area contributed by atoms with Crippen LogP contribution in [0.2, 0.25) is 0 Å². The Hall–Kier alpha value is -3.59. The highest BCUT2D eigenvalue weighted by molar-refractivity contribution is 7.45. The Morgan fingerprint density at radius 3 is 1.25 bits per heavy atom. The fourth-order valence-electron chi connectivity index (χ4n) is 8.66. The van der Waals surface area contributed by atoms with Crippen molar-refractivity contribution >= 4 is 19.7 Å². The van der Waals surface area contributed by atoms with Gasteiger partial charge in [-0.2, -0.15) is 0 Å². The summed E-state index contributed by atoms with van der Waals surface area (Å²) in [7, 11) is 1.13. The smallest absolute Gasteiger partial charge is 0.306 e. The molecule has 0 aliphatic carbocycles. The molecule has 0 saturated carbocycles. The lowest BCUT2D eigenvalue weighted by atomic mass is 10.0.